The molecule has 0 aliphatic heterocycles. The number of rotatable bonds is 0. The fourth-order valence-electron chi connectivity index (χ4n) is 0. The second-order valence-electron chi connectivity index (χ2n) is 0.490. The molecule has 18 nitrogen and oxygen atoms in total. The van der Waals surface area contributed by atoms with E-state index in [1.807, 2.05) is 0 Å². The third kappa shape index (κ3) is 814000. The second kappa shape index (κ2) is 237. The zero-order chi connectivity index (χ0) is 16.2. The van der Waals surface area contributed by atoms with E-state index in [9.17, 15) is 0 Å². The monoisotopic (exact) mass is 410 g/mol. The summed E-state index contributed by atoms with van der Waals surface area (Å²) < 4.78 is 0. The molecule has 114 valence electrons. The largest absolute Gasteiger partial charge is 3.00 e. The van der Waals surface area contributed by atoms with Crippen molar-refractivity contribution in [2.45, 2.75) is 0 Å². The minimum absolute atomic E-state index is 0. The van der Waals surface area contributed by atoms with Crippen molar-refractivity contribution in [1.29, 1.82) is 0 Å². The Morgan fingerprint density at radius 1 is 0.364 bits per heavy atom. The van der Waals surface area contributed by atoms with Crippen LogP contribution in [0.5, 0.6) is 0 Å². The molecule has 22 heavy (non-hydrogen) atoms. The van der Waals surface area contributed by atoms with Crippen LogP contribution in [0.25, 0.3) is 0 Å². The summed E-state index contributed by atoms with van der Waals surface area (Å²) in [6, 6.07) is 0. The quantitative estimate of drug-likeness (QED) is 0.123. The molecule has 0 spiro atoms. The van der Waals surface area contributed by atoms with Crippen molar-refractivity contribution in [3.63, 3.8) is 0 Å². The molecule has 0 saturated carbocycles. The third-order valence-electron chi connectivity index (χ3n) is 0. The topological polar surface area (TPSA) is 298 Å². The Labute approximate surface area is 196 Å². The van der Waals surface area contributed by atoms with Gasteiger partial charge in [-0.25, -0.2) is 0 Å². The van der Waals surface area contributed by atoms with E-state index in [0.29, 0.717) is 0 Å². The molecule has 0 rings (SSSR count). The molecule has 6 N–H and O–H groups in total. The van der Waals surface area contributed by atoms with Gasteiger partial charge in [0.25, 0.3) is 0 Å². The molecule has 0 radical (unpaired) electrons. The summed E-state index contributed by atoms with van der Waals surface area (Å²) in [4.78, 5) is 48.7. The normalized spacial score (nSPS) is 3.27. The van der Waals surface area contributed by atoms with Gasteiger partial charge in [-0.2, -0.15) is 0 Å². The van der Waals surface area contributed by atoms with Crippen LogP contribution in [0.3, 0.4) is 0 Å². The molecule has 0 atom stereocenters. The van der Waals surface area contributed by atoms with Crippen LogP contribution in [0.1, 0.15) is 0 Å². The molecule has 0 bridgehead atoms. The van der Waals surface area contributed by atoms with Crippen LogP contribution in [-0.4, -0.2) is 31.2 Å². The zero-order valence-electron chi connectivity index (χ0n) is 11.1. The van der Waals surface area contributed by atoms with Gasteiger partial charge in [0, 0.05) is 0 Å². The van der Waals surface area contributed by atoms with Crippen LogP contribution in [0.4, 0.5) is 0 Å². The van der Waals surface area contributed by atoms with E-state index >= 15 is 0 Å². The Kier molecular flexibility index (Phi) is 729. The van der Waals surface area contributed by atoms with E-state index in [4.69, 9.17) is 60.7 Å². The molecule has 22 heteroatoms. The smallest absolute Gasteiger partial charge is 0.379 e. The summed E-state index contributed by atoms with van der Waals surface area (Å²) in [5, 5.41) is 47.3. The molecule has 0 aromatic heterocycles. The van der Waals surface area contributed by atoms with Gasteiger partial charge in [-0.15, -0.1) is 29.4 Å². The van der Waals surface area contributed by atoms with Crippen LogP contribution >= 0.6 is 0 Å². The zero-order valence-corrected chi connectivity index (χ0v) is 18.2. The van der Waals surface area contributed by atoms with Crippen molar-refractivity contribution in [2.75, 3.05) is 0 Å². The number of hydrogen-bond acceptors (Lipinski definition) is 12. The Morgan fingerprint density at radius 3 is 0.364 bits per heavy atom. The third-order valence-corrected chi connectivity index (χ3v) is 0. The van der Waals surface area contributed by atoms with Crippen LogP contribution in [0, 0.1) is 29.4 Å². The van der Waals surface area contributed by atoms with Gasteiger partial charge >= 0.3 is 105 Å². The molecule has 0 amide bonds. The van der Waals surface area contributed by atoms with E-state index in [0.717, 1.165) is 0 Å². The molecule has 0 fully saturated rings. The maximum atomic E-state index is 8.11. The average molecular weight is 410 g/mol. The van der Waals surface area contributed by atoms with Crippen LogP contribution in [-0.2, 0) is 16.8 Å². The summed E-state index contributed by atoms with van der Waals surface area (Å²) in [7, 11) is 0. The van der Waals surface area contributed by atoms with Crippen molar-refractivity contribution in [3.8, 4) is 0 Å². The van der Waals surface area contributed by atoms with Crippen molar-refractivity contribution in [2.24, 2.45) is 32.0 Å². The van der Waals surface area contributed by atoms with Gasteiger partial charge in [0.15, 0.2) is 32.0 Å². The second-order valence-corrected chi connectivity index (χ2v) is 0.490. The Bertz CT molecular complexity index is 126. The molecule has 0 unspecified atom stereocenters. The van der Waals surface area contributed by atoms with Gasteiger partial charge in [-0.3, -0.25) is 0 Å². The molecule has 0 aliphatic carbocycles. The first-order chi connectivity index (χ1) is 8.49. The Balaban J connectivity index is -0.00000000947. The average Bonchev–Trinajstić information content (AvgIpc) is 2.23. The van der Waals surface area contributed by atoms with Gasteiger partial charge in [-0.05, 0) is 0 Å². The Hall–Kier alpha value is -0.0935. The fraction of sp³-hybridized carbons (Fsp3) is 0. The van der Waals surface area contributed by atoms with E-state index in [1.165, 1.54) is 32.0 Å². The SMILES string of the molecule is O=NO.O=NO.O=NO.O=NO.O=NO.O=NO.[Co+3].[Na+].[Na+].[Na+]. The summed E-state index contributed by atoms with van der Waals surface area (Å²) in [6.45, 7) is 0. The van der Waals surface area contributed by atoms with Gasteiger partial charge in [0.05, 0.1) is 0 Å². The molecular weight excluding hydrogens is 404 g/mol. The standard InChI is InChI=1S/Co.6HNO2.3Na/c;6*2-1-3;;;/h;6*(H,2,3);;;/q+3;;;;;;;3*+1. The first kappa shape index (κ1) is 67.5. The van der Waals surface area contributed by atoms with Gasteiger partial charge in [0.1, 0.15) is 0 Å². The van der Waals surface area contributed by atoms with Gasteiger partial charge < -0.3 is 31.2 Å². The first-order valence-corrected chi connectivity index (χ1v) is 2.30. The molecule has 0 heterocycles. The van der Waals surface area contributed by atoms with Gasteiger partial charge in [-0.1, -0.05) is 0 Å². The molecule has 0 aromatic rings. The number of hydrogen-bond donors (Lipinski definition) is 6. The molecular formula is H6CoN6Na3O12+6. The summed E-state index contributed by atoms with van der Waals surface area (Å²) >= 11 is 0. The van der Waals surface area contributed by atoms with E-state index in [1.54, 1.807) is 0 Å². The van der Waals surface area contributed by atoms with E-state index < -0.39 is 0 Å². The minimum Gasteiger partial charge on any atom is -0.379 e. The first-order valence-electron chi connectivity index (χ1n) is 2.30. The van der Waals surface area contributed by atoms with Crippen molar-refractivity contribution in [3.05, 3.63) is 29.4 Å². The summed E-state index contributed by atoms with van der Waals surface area (Å²) in [6.07, 6.45) is 0. The van der Waals surface area contributed by atoms with Gasteiger partial charge in [0.2, 0.25) is 0 Å². The number of nitrogens with zero attached hydrogens (tertiary/aromatic N) is 6. The van der Waals surface area contributed by atoms with Crippen LogP contribution < -0.4 is 88.7 Å². The van der Waals surface area contributed by atoms with E-state index in [-0.39, 0.29) is 105 Å². The van der Waals surface area contributed by atoms with Crippen molar-refractivity contribution < 1.29 is 137 Å². The van der Waals surface area contributed by atoms with Crippen molar-refractivity contribution >= 4 is 0 Å². The maximum absolute atomic E-state index is 8.11. The predicted octanol–water partition coefficient (Wildman–Crippen LogP) is -8.14. The maximum Gasteiger partial charge on any atom is 3.00 e. The van der Waals surface area contributed by atoms with Crippen molar-refractivity contribution in [1.82, 2.24) is 0 Å². The predicted molar refractivity (Wildman–Crippen MR) is 45.5 cm³/mol. The summed E-state index contributed by atoms with van der Waals surface area (Å²) in [5.74, 6) is 0. The minimum atomic E-state index is 0. The van der Waals surface area contributed by atoms with Crippen LogP contribution in [0.15, 0.2) is 32.0 Å². The molecule has 0 aliphatic rings. The fourth-order valence-corrected chi connectivity index (χ4v) is 0. The van der Waals surface area contributed by atoms with Crippen LogP contribution in [0.2, 0.25) is 0 Å². The Morgan fingerprint density at radius 2 is 0.364 bits per heavy atom. The van der Waals surface area contributed by atoms with E-state index in [2.05, 4.69) is 0 Å². The molecule has 0 saturated heterocycles. The summed E-state index contributed by atoms with van der Waals surface area (Å²) in [5.41, 5.74) is 0. The molecule has 0 aromatic carbocycles.